The third kappa shape index (κ3) is 2.35. The number of nitrogens with one attached hydrogen (secondary N) is 1. The summed E-state index contributed by atoms with van der Waals surface area (Å²) in [6, 6.07) is 8.80. The maximum Gasteiger partial charge on any atom is 0.432 e. The molecule has 0 saturated heterocycles. The Kier molecular flexibility index (Phi) is 2.71. The lowest BCUT2D eigenvalue weighted by Crippen LogP contribution is -2.16. The van der Waals surface area contributed by atoms with Crippen molar-refractivity contribution in [2.24, 2.45) is 0 Å². The average Bonchev–Trinajstić information content (AvgIpc) is 2.29. The number of nitrogens with zero attached hydrogens (tertiary/aromatic N) is 1. The maximum absolute atomic E-state index is 12.3. The van der Waals surface area contributed by atoms with Crippen LogP contribution in [-0.4, -0.2) is 10.2 Å². The lowest BCUT2D eigenvalue weighted by Gasteiger charge is -2.06. The van der Waals surface area contributed by atoms with Crippen molar-refractivity contribution in [2.45, 2.75) is 6.18 Å². The number of H-pyrrole nitrogens is 1. The van der Waals surface area contributed by atoms with E-state index in [0.717, 1.165) is 0 Å². The molecule has 1 aromatic heterocycles. The van der Waals surface area contributed by atoms with Crippen molar-refractivity contribution < 1.29 is 13.2 Å². The van der Waals surface area contributed by atoms with Crippen LogP contribution in [0.3, 0.4) is 0 Å². The van der Waals surface area contributed by atoms with Crippen LogP contribution in [0.2, 0.25) is 0 Å². The van der Waals surface area contributed by atoms with Crippen molar-refractivity contribution in [2.75, 3.05) is 0 Å². The van der Waals surface area contributed by atoms with E-state index < -0.39 is 17.3 Å². The van der Waals surface area contributed by atoms with Gasteiger partial charge in [-0.2, -0.15) is 18.3 Å². The number of benzene rings is 1. The van der Waals surface area contributed by atoms with Gasteiger partial charge < -0.3 is 0 Å². The zero-order valence-electron chi connectivity index (χ0n) is 8.45. The molecule has 0 fully saturated rings. The molecule has 3 nitrogen and oxygen atoms in total. The van der Waals surface area contributed by atoms with Crippen molar-refractivity contribution in [3.05, 3.63) is 52.3 Å². The molecule has 0 saturated carbocycles. The highest BCUT2D eigenvalue weighted by Crippen LogP contribution is 2.26. The smallest absolute Gasteiger partial charge is 0.287 e. The van der Waals surface area contributed by atoms with E-state index in [0.29, 0.717) is 11.6 Å². The van der Waals surface area contributed by atoms with Crippen LogP contribution in [0.1, 0.15) is 5.69 Å². The summed E-state index contributed by atoms with van der Waals surface area (Å²) in [6.45, 7) is 0. The van der Waals surface area contributed by atoms with Crippen LogP contribution in [0.25, 0.3) is 11.3 Å². The zero-order chi connectivity index (χ0) is 12.5. The molecule has 0 amide bonds. The highest BCUT2D eigenvalue weighted by molar-refractivity contribution is 5.57. The second kappa shape index (κ2) is 4.04. The summed E-state index contributed by atoms with van der Waals surface area (Å²) < 4.78 is 36.9. The molecule has 1 N–H and O–H groups in total. The maximum atomic E-state index is 12.3. The fourth-order valence-electron chi connectivity index (χ4n) is 1.35. The van der Waals surface area contributed by atoms with Crippen molar-refractivity contribution in [3.63, 3.8) is 0 Å². The quantitative estimate of drug-likeness (QED) is 0.832. The van der Waals surface area contributed by atoms with E-state index in [1.54, 1.807) is 30.3 Å². The van der Waals surface area contributed by atoms with Crippen LogP contribution in [0, 0.1) is 0 Å². The normalized spacial score (nSPS) is 11.5. The van der Waals surface area contributed by atoms with E-state index in [2.05, 4.69) is 5.10 Å². The number of halogens is 3. The van der Waals surface area contributed by atoms with Crippen molar-refractivity contribution in [3.8, 4) is 11.3 Å². The van der Waals surface area contributed by atoms with Crippen LogP contribution in [0.15, 0.2) is 41.2 Å². The molecule has 0 aliphatic rings. The molecular formula is C11H7F3N2O. The van der Waals surface area contributed by atoms with Gasteiger partial charge in [-0.1, -0.05) is 30.3 Å². The molecule has 17 heavy (non-hydrogen) atoms. The number of hydrogen-bond acceptors (Lipinski definition) is 2. The molecule has 0 spiro atoms. The van der Waals surface area contributed by atoms with Crippen LogP contribution in [0.5, 0.6) is 0 Å². The monoisotopic (exact) mass is 240 g/mol. The second-order valence-electron chi connectivity index (χ2n) is 3.36. The number of hydrogen-bond donors (Lipinski definition) is 1. The van der Waals surface area contributed by atoms with E-state index in [9.17, 15) is 18.0 Å². The molecule has 6 heteroatoms. The Morgan fingerprint density at radius 2 is 1.76 bits per heavy atom. The van der Waals surface area contributed by atoms with Gasteiger partial charge in [-0.3, -0.25) is 9.89 Å². The molecule has 1 heterocycles. The van der Waals surface area contributed by atoms with Gasteiger partial charge in [0, 0.05) is 11.6 Å². The molecular weight excluding hydrogens is 233 g/mol. The molecule has 0 atom stereocenters. The first kappa shape index (κ1) is 11.4. The van der Waals surface area contributed by atoms with E-state index in [4.69, 9.17) is 0 Å². The minimum Gasteiger partial charge on any atom is -0.287 e. The van der Waals surface area contributed by atoms with Gasteiger partial charge in [-0.15, -0.1) is 0 Å². The second-order valence-corrected chi connectivity index (χ2v) is 3.36. The Hall–Kier alpha value is -2.11. The first-order valence-electron chi connectivity index (χ1n) is 4.71. The fourth-order valence-corrected chi connectivity index (χ4v) is 1.35. The van der Waals surface area contributed by atoms with Gasteiger partial charge in [0.1, 0.15) is 11.4 Å². The first-order valence-corrected chi connectivity index (χ1v) is 4.71. The van der Waals surface area contributed by atoms with Crippen molar-refractivity contribution >= 4 is 0 Å². The lowest BCUT2D eigenvalue weighted by molar-refractivity contribution is -0.141. The fraction of sp³-hybridized carbons (Fsp3) is 0.0909. The summed E-state index contributed by atoms with van der Waals surface area (Å²) in [4.78, 5) is 11.5. The van der Waals surface area contributed by atoms with Crippen LogP contribution in [-0.2, 0) is 6.18 Å². The Morgan fingerprint density at radius 1 is 1.12 bits per heavy atom. The standard InChI is InChI=1S/C11H7F3N2O/c12-11(13,14)9-6-8(17)10(16-15-9)7-4-2-1-3-5-7/h1-6H,(H,15,17). The van der Waals surface area contributed by atoms with Crippen LogP contribution in [0.4, 0.5) is 13.2 Å². The molecule has 88 valence electrons. The third-order valence-electron chi connectivity index (χ3n) is 2.15. The highest BCUT2D eigenvalue weighted by Gasteiger charge is 2.32. The van der Waals surface area contributed by atoms with E-state index in [1.807, 2.05) is 5.10 Å². The molecule has 1 aromatic carbocycles. The Morgan fingerprint density at radius 3 is 2.29 bits per heavy atom. The SMILES string of the molecule is O=c1cc(C(F)(F)F)[nH]nc1-c1ccccc1. The topological polar surface area (TPSA) is 45.8 Å². The van der Waals surface area contributed by atoms with E-state index >= 15 is 0 Å². The predicted octanol–water partition coefficient (Wildman–Crippen LogP) is 2.46. The molecule has 0 unspecified atom stereocenters. The van der Waals surface area contributed by atoms with Crippen molar-refractivity contribution in [1.82, 2.24) is 10.2 Å². The van der Waals surface area contributed by atoms with Gasteiger partial charge in [-0.25, -0.2) is 0 Å². The Labute approximate surface area is 93.9 Å². The van der Waals surface area contributed by atoms with Gasteiger partial charge in [0.05, 0.1) is 0 Å². The summed E-state index contributed by atoms with van der Waals surface area (Å²) in [7, 11) is 0. The van der Waals surface area contributed by atoms with Gasteiger partial charge in [-0.05, 0) is 0 Å². The summed E-state index contributed by atoms with van der Waals surface area (Å²) in [5.41, 5.74) is -1.47. The van der Waals surface area contributed by atoms with Gasteiger partial charge in [0.2, 0.25) is 5.43 Å². The largest absolute Gasteiger partial charge is 0.432 e. The van der Waals surface area contributed by atoms with Gasteiger partial charge >= 0.3 is 6.18 Å². The molecule has 2 rings (SSSR count). The van der Waals surface area contributed by atoms with Gasteiger partial charge in [0.15, 0.2) is 0 Å². The first-order chi connectivity index (χ1) is 7.98. The molecule has 0 radical (unpaired) electrons. The summed E-state index contributed by atoms with van der Waals surface area (Å²) in [5, 5.41) is 5.30. The van der Waals surface area contributed by atoms with Crippen LogP contribution >= 0.6 is 0 Å². The van der Waals surface area contributed by atoms with Crippen molar-refractivity contribution in [1.29, 1.82) is 0 Å². The predicted molar refractivity (Wildman–Crippen MR) is 55.3 cm³/mol. The zero-order valence-corrected chi connectivity index (χ0v) is 8.45. The molecule has 0 bridgehead atoms. The highest BCUT2D eigenvalue weighted by atomic mass is 19.4. The van der Waals surface area contributed by atoms with Crippen LogP contribution < -0.4 is 5.43 Å². The number of alkyl halides is 3. The van der Waals surface area contributed by atoms with E-state index in [-0.39, 0.29) is 5.69 Å². The summed E-state index contributed by atoms with van der Waals surface area (Å²) in [6.07, 6.45) is -4.60. The lowest BCUT2D eigenvalue weighted by atomic mass is 10.1. The average molecular weight is 240 g/mol. The number of rotatable bonds is 1. The third-order valence-corrected chi connectivity index (χ3v) is 2.15. The number of aromatic nitrogens is 2. The minimum absolute atomic E-state index is 0.0291. The van der Waals surface area contributed by atoms with Gasteiger partial charge in [0.25, 0.3) is 0 Å². The molecule has 0 aliphatic heterocycles. The Balaban J connectivity index is 2.51. The summed E-state index contributed by atoms with van der Waals surface area (Å²) >= 11 is 0. The molecule has 2 aromatic rings. The number of aromatic amines is 1. The van der Waals surface area contributed by atoms with E-state index in [1.165, 1.54) is 0 Å². The molecule has 0 aliphatic carbocycles. The summed E-state index contributed by atoms with van der Waals surface area (Å²) in [5.74, 6) is 0. The Bertz CT molecular complexity index is 575. The minimum atomic E-state index is -4.60.